The number of carbonyl (C=O) groups is 1. The van der Waals surface area contributed by atoms with Crippen LogP contribution in [0.25, 0.3) is 0 Å². The Hall–Kier alpha value is -0.650. The minimum absolute atomic E-state index is 0.169. The Kier molecular flexibility index (Phi) is 4.29. The second-order valence-electron chi connectivity index (χ2n) is 6.73. The molecule has 5 nitrogen and oxygen atoms in total. The van der Waals surface area contributed by atoms with E-state index >= 15 is 0 Å². The van der Waals surface area contributed by atoms with Gasteiger partial charge in [0.15, 0.2) is 0 Å². The van der Waals surface area contributed by atoms with Crippen molar-refractivity contribution >= 4 is 5.91 Å². The van der Waals surface area contributed by atoms with Gasteiger partial charge >= 0.3 is 0 Å². The van der Waals surface area contributed by atoms with Crippen molar-refractivity contribution in [2.24, 2.45) is 17.6 Å². The Morgan fingerprint density at radius 2 is 2.15 bits per heavy atom. The molecule has 3 fully saturated rings. The molecule has 20 heavy (non-hydrogen) atoms. The summed E-state index contributed by atoms with van der Waals surface area (Å²) in [7, 11) is 0. The summed E-state index contributed by atoms with van der Waals surface area (Å²) in [4.78, 5) is 16.7. The van der Waals surface area contributed by atoms with E-state index in [1.807, 2.05) is 11.8 Å². The van der Waals surface area contributed by atoms with Crippen molar-refractivity contribution in [3.8, 4) is 0 Å². The van der Waals surface area contributed by atoms with Gasteiger partial charge in [-0.25, -0.2) is 0 Å². The van der Waals surface area contributed by atoms with Gasteiger partial charge in [0.1, 0.15) is 0 Å². The molecule has 5 heteroatoms. The molecule has 4 atom stereocenters. The number of fused-ring (bicyclic) bond motifs is 1. The van der Waals surface area contributed by atoms with Crippen LogP contribution < -0.4 is 5.73 Å². The first-order valence-electron chi connectivity index (χ1n) is 8.01. The topological polar surface area (TPSA) is 58.8 Å². The number of carbonyl (C=O) groups excluding carboxylic acids is 1. The smallest absolute Gasteiger partial charge is 0.236 e. The van der Waals surface area contributed by atoms with E-state index in [-0.39, 0.29) is 12.0 Å². The third-order valence-corrected chi connectivity index (χ3v) is 5.18. The molecule has 3 rings (SSSR count). The van der Waals surface area contributed by atoms with Gasteiger partial charge < -0.3 is 15.4 Å². The van der Waals surface area contributed by atoms with Crippen molar-refractivity contribution < 1.29 is 9.53 Å². The maximum Gasteiger partial charge on any atom is 0.236 e. The van der Waals surface area contributed by atoms with Crippen LogP contribution in [0, 0.1) is 11.8 Å². The van der Waals surface area contributed by atoms with Gasteiger partial charge in [0.2, 0.25) is 5.91 Å². The third-order valence-electron chi connectivity index (χ3n) is 5.18. The first-order valence-corrected chi connectivity index (χ1v) is 8.01. The first kappa shape index (κ1) is 14.3. The Morgan fingerprint density at radius 1 is 1.30 bits per heavy atom. The fourth-order valence-corrected chi connectivity index (χ4v) is 4.07. The predicted octanol–water partition coefficient (Wildman–Crippen LogP) is 0.293. The molecule has 0 spiro atoms. The summed E-state index contributed by atoms with van der Waals surface area (Å²) in [6.07, 6.45) is 3.87. The molecule has 2 heterocycles. The Labute approximate surface area is 121 Å². The van der Waals surface area contributed by atoms with Crippen LogP contribution >= 0.6 is 0 Å². The van der Waals surface area contributed by atoms with Gasteiger partial charge in [-0.3, -0.25) is 9.69 Å². The number of hydrogen-bond acceptors (Lipinski definition) is 4. The van der Waals surface area contributed by atoms with Gasteiger partial charge in [-0.1, -0.05) is 6.42 Å². The molecular weight excluding hydrogens is 254 g/mol. The fourth-order valence-electron chi connectivity index (χ4n) is 4.07. The normalized spacial score (nSPS) is 38.8. The van der Waals surface area contributed by atoms with Gasteiger partial charge in [0, 0.05) is 32.2 Å². The molecule has 2 saturated heterocycles. The van der Waals surface area contributed by atoms with E-state index in [0.29, 0.717) is 25.1 Å². The third kappa shape index (κ3) is 3.00. The minimum Gasteiger partial charge on any atom is -0.375 e. The van der Waals surface area contributed by atoms with Crippen molar-refractivity contribution in [2.75, 3.05) is 39.3 Å². The molecule has 2 N–H and O–H groups in total. The van der Waals surface area contributed by atoms with Gasteiger partial charge in [-0.05, 0) is 31.6 Å². The maximum atomic E-state index is 12.4. The molecule has 0 aromatic carbocycles. The highest BCUT2D eigenvalue weighted by atomic mass is 16.5. The number of hydrogen-bond donors (Lipinski definition) is 1. The van der Waals surface area contributed by atoms with E-state index in [9.17, 15) is 4.79 Å². The van der Waals surface area contributed by atoms with E-state index < -0.39 is 0 Å². The van der Waals surface area contributed by atoms with Crippen LogP contribution in [0.4, 0.5) is 0 Å². The van der Waals surface area contributed by atoms with Crippen molar-refractivity contribution in [1.82, 2.24) is 9.80 Å². The number of rotatable bonds is 2. The molecule has 0 bridgehead atoms. The van der Waals surface area contributed by atoms with E-state index in [2.05, 4.69) is 4.90 Å². The summed E-state index contributed by atoms with van der Waals surface area (Å²) in [6, 6.07) is 0.345. The zero-order valence-corrected chi connectivity index (χ0v) is 12.5. The number of ether oxygens (including phenoxy) is 1. The fraction of sp³-hybridized carbons (Fsp3) is 0.933. The minimum atomic E-state index is 0.169. The summed E-state index contributed by atoms with van der Waals surface area (Å²) < 4.78 is 5.50. The van der Waals surface area contributed by atoms with Crippen LogP contribution in [0.3, 0.4) is 0 Å². The van der Waals surface area contributed by atoms with Gasteiger partial charge in [-0.15, -0.1) is 0 Å². The molecule has 0 aromatic heterocycles. The molecule has 0 radical (unpaired) electrons. The predicted molar refractivity (Wildman–Crippen MR) is 77.2 cm³/mol. The molecule has 0 aromatic rings. The van der Waals surface area contributed by atoms with Crippen LogP contribution in [-0.2, 0) is 9.53 Å². The van der Waals surface area contributed by atoms with Gasteiger partial charge in [0.25, 0.3) is 0 Å². The molecule has 1 aliphatic carbocycles. The van der Waals surface area contributed by atoms with Crippen LogP contribution in [0.2, 0.25) is 0 Å². The Morgan fingerprint density at radius 3 is 2.90 bits per heavy atom. The highest BCUT2D eigenvalue weighted by Crippen LogP contribution is 2.35. The van der Waals surface area contributed by atoms with Crippen LogP contribution in [0.5, 0.6) is 0 Å². The van der Waals surface area contributed by atoms with E-state index in [0.717, 1.165) is 38.5 Å². The van der Waals surface area contributed by atoms with E-state index in [4.69, 9.17) is 10.5 Å². The first-order chi connectivity index (χ1) is 9.63. The second-order valence-corrected chi connectivity index (χ2v) is 6.73. The average Bonchev–Trinajstić information content (AvgIpc) is 2.83. The van der Waals surface area contributed by atoms with Crippen molar-refractivity contribution in [1.29, 1.82) is 0 Å². The summed E-state index contributed by atoms with van der Waals surface area (Å²) in [5.74, 6) is 1.59. The van der Waals surface area contributed by atoms with E-state index in [1.54, 1.807) is 0 Å². The maximum absolute atomic E-state index is 12.4. The van der Waals surface area contributed by atoms with Crippen molar-refractivity contribution in [3.05, 3.63) is 0 Å². The zero-order valence-electron chi connectivity index (χ0n) is 12.5. The van der Waals surface area contributed by atoms with Crippen molar-refractivity contribution in [3.63, 3.8) is 0 Å². The van der Waals surface area contributed by atoms with Gasteiger partial charge in [0.05, 0.1) is 19.3 Å². The highest BCUT2D eigenvalue weighted by molar-refractivity contribution is 5.78. The summed E-state index contributed by atoms with van der Waals surface area (Å²) in [5, 5.41) is 0. The molecule has 3 aliphatic rings. The number of likely N-dealkylation sites (tertiary alicyclic amines) is 1. The number of morpholine rings is 1. The SMILES string of the molecule is CC1CN(C(=O)CN2CC3CCCC(N)C3C2)CCO1. The Bertz CT molecular complexity index is 363. The lowest BCUT2D eigenvalue weighted by Gasteiger charge is -2.32. The highest BCUT2D eigenvalue weighted by Gasteiger charge is 2.39. The molecule has 4 unspecified atom stereocenters. The molecule has 2 aliphatic heterocycles. The monoisotopic (exact) mass is 281 g/mol. The summed E-state index contributed by atoms with van der Waals surface area (Å²) in [5.41, 5.74) is 6.24. The van der Waals surface area contributed by atoms with E-state index in [1.165, 1.54) is 12.8 Å². The molecular formula is C15H27N3O2. The molecule has 1 amide bonds. The number of nitrogens with zero attached hydrogens (tertiary/aromatic N) is 2. The van der Waals surface area contributed by atoms with Gasteiger partial charge in [-0.2, -0.15) is 0 Å². The summed E-state index contributed by atoms with van der Waals surface area (Å²) in [6.45, 7) is 6.81. The van der Waals surface area contributed by atoms with Crippen molar-refractivity contribution in [2.45, 2.75) is 38.3 Å². The largest absolute Gasteiger partial charge is 0.375 e. The lowest BCUT2D eigenvalue weighted by molar-refractivity contribution is -0.139. The molecule has 114 valence electrons. The van der Waals surface area contributed by atoms with Crippen LogP contribution in [0.1, 0.15) is 26.2 Å². The quantitative estimate of drug-likeness (QED) is 0.790. The second kappa shape index (κ2) is 6.00. The lowest BCUT2D eigenvalue weighted by atomic mass is 9.78. The lowest BCUT2D eigenvalue weighted by Crippen LogP contribution is -2.48. The Balaban J connectivity index is 1.52. The number of amides is 1. The average molecular weight is 281 g/mol. The standard InChI is InChI=1S/C15H27N3O2/c1-11-7-18(5-6-20-11)15(19)10-17-8-12-3-2-4-14(16)13(12)9-17/h11-14H,2-10,16H2,1H3. The molecule has 1 saturated carbocycles. The number of nitrogens with two attached hydrogens (primary N) is 1. The zero-order chi connectivity index (χ0) is 14.1. The van der Waals surface area contributed by atoms with Crippen LogP contribution in [-0.4, -0.2) is 67.2 Å². The van der Waals surface area contributed by atoms with Crippen LogP contribution in [0.15, 0.2) is 0 Å². The summed E-state index contributed by atoms with van der Waals surface area (Å²) >= 11 is 0.